The Morgan fingerprint density at radius 1 is 1.31 bits per heavy atom. The molecule has 1 N–H and O–H groups in total. The maximum Gasteiger partial charge on any atom is 0.115 e. The molecule has 88 valence electrons. The maximum atomic E-state index is 10.5. The number of aromatic nitrogens is 2. The Kier molecular flexibility index (Phi) is 3.54. The molecule has 1 fully saturated rings. The SMILES string of the molecule is CCCC1CCC(O)(c2cncnc2)CC1. The average Bonchev–Trinajstić information content (AvgIpc) is 2.34. The summed E-state index contributed by atoms with van der Waals surface area (Å²) in [6.45, 7) is 2.23. The number of hydrogen-bond donors (Lipinski definition) is 1. The van der Waals surface area contributed by atoms with Crippen LogP contribution in [0.4, 0.5) is 0 Å². The van der Waals surface area contributed by atoms with Crippen LogP contribution < -0.4 is 0 Å². The minimum absolute atomic E-state index is 0.675. The van der Waals surface area contributed by atoms with Gasteiger partial charge in [0.15, 0.2) is 0 Å². The van der Waals surface area contributed by atoms with Crippen molar-refractivity contribution < 1.29 is 5.11 Å². The molecule has 3 nitrogen and oxygen atoms in total. The van der Waals surface area contributed by atoms with E-state index in [1.807, 2.05) is 0 Å². The van der Waals surface area contributed by atoms with Gasteiger partial charge < -0.3 is 5.11 Å². The predicted octanol–water partition coefficient (Wildman–Crippen LogP) is 2.65. The van der Waals surface area contributed by atoms with Crippen molar-refractivity contribution in [1.82, 2.24) is 9.97 Å². The van der Waals surface area contributed by atoms with Crippen molar-refractivity contribution in [2.75, 3.05) is 0 Å². The normalized spacial score (nSPS) is 30.2. The topological polar surface area (TPSA) is 46.0 Å². The van der Waals surface area contributed by atoms with Crippen molar-refractivity contribution in [2.24, 2.45) is 5.92 Å². The zero-order chi connectivity index (χ0) is 11.4. The zero-order valence-corrected chi connectivity index (χ0v) is 9.89. The summed E-state index contributed by atoms with van der Waals surface area (Å²) >= 11 is 0. The summed E-state index contributed by atoms with van der Waals surface area (Å²) in [5.41, 5.74) is 0.204. The standard InChI is InChI=1S/C13H20N2O/c1-2-3-11-4-6-13(16,7-5-11)12-8-14-10-15-9-12/h8-11,16H,2-7H2,1H3. The van der Waals surface area contributed by atoms with Crippen LogP contribution in [0.2, 0.25) is 0 Å². The molecule has 0 spiro atoms. The van der Waals surface area contributed by atoms with E-state index in [0.717, 1.165) is 37.2 Å². The Morgan fingerprint density at radius 2 is 1.94 bits per heavy atom. The van der Waals surface area contributed by atoms with E-state index < -0.39 is 5.60 Å². The molecule has 0 bridgehead atoms. The maximum absolute atomic E-state index is 10.5. The number of hydrogen-bond acceptors (Lipinski definition) is 3. The van der Waals surface area contributed by atoms with E-state index in [2.05, 4.69) is 16.9 Å². The summed E-state index contributed by atoms with van der Waals surface area (Å²) in [6.07, 6.45) is 11.5. The first-order valence-electron chi connectivity index (χ1n) is 6.22. The van der Waals surface area contributed by atoms with Gasteiger partial charge in [0.25, 0.3) is 0 Å². The summed E-state index contributed by atoms with van der Waals surface area (Å²) in [7, 11) is 0. The fourth-order valence-electron chi connectivity index (χ4n) is 2.68. The lowest BCUT2D eigenvalue weighted by molar-refractivity contribution is -0.0158. The Balaban J connectivity index is 2.01. The van der Waals surface area contributed by atoms with E-state index in [0.29, 0.717) is 0 Å². The Hall–Kier alpha value is -0.960. The molecule has 1 saturated carbocycles. The summed E-state index contributed by atoms with van der Waals surface area (Å²) in [5.74, 6) is 0.801. The van der Waals surface area contributed by atoms with Crippen LogP contribution in [0.15, 0.2) is 18.7 Å². The molecule has 1 aliphatic carbocycles. The first-order chi connectivity index (χ1) is 7.74. The first-order valence-corrected chi connectivity index (χ1v) is 6.22. The lowest BCUT2D eigenvalue weighted by Crippen LogP contribution is -2.31. The minimum atomic E-state index is -0.675. The van der Waals surface area contributed by atoms with Gasteiger partial charge in [0, 0.05) is 18.0 Å². The third-order valence-electron chi connectivity index (χ3n) is 3.73. The first kappa shape index (κ1) is 11.5. The summed E-state index contributed by atoms with van der Waals surface area (Å²) in [4.78, 5) is 7.98. The molecule has 0 saturated heterocycles. The molecule has 2 rings (SSSR count). The fourth-order valence-corrected chi connectivity index (χ4v) is 2.68. The second-order valence-corrected chi connectivity index (χ2v) is 4.89. The highest BCUT2D eigenvalue weighted by Crippen LogP contribution is 2.40. The largest absolute Gasteiger partial charge is 0.385 e. The highest BCUT2D eigenvalue weighted by molar-refractivity contribution is 5.15. The molecule has 0 aromatic carbocycles. The molecular formula is C13H20N2O. The summed E-state index contributed by atoms with van der Waals surface area (Å²) < 4.78 is 0. The fraction of sp³-hybridized carbons (Fsp3) is 0.692. The molecule has 0 amide bonds. The Labute approximate surface area is 96.9 Å². The second-order valence-electron chi connectivity index (χ2n) is 4.89. The lowest BCUT2D eigenvalue weighted by atomic mass is 9.75. The molecule has 0 aliphatic heterocycles. The van der Waals surface area contributed by atoms with Gasteiger partial charge in [-0.3, -0.25) is 0 Å². The predicted molar refractivity (Wildman–Crippen MR) is 62.8 cm³/mol. The lowest BCUT2D eigenvalue weighted by Gasteiger charge is -2.35. The van der Waals surface area contributed by atoms with Crippen molar-refractivity contribution >= 4 is 0 Å². The molecule has 0 atom stereocenters. The molecule has 1 heterocycles. The molecule has 1 aromatic heterocycles. The Morgan fingerprint density at radius 3 is 2.50 bits per heavy atom. The van der Waals surface area contributed by atoms with Crippen LogP contribution in [0.1, 0.15) is 51.0 Å². The smallest absolute Gasteiger partial charge is 0.115 e. The van der Waals surface area contributed by atoms with Gasteiger partial charge in [-0.2, -0.15) is 0 Å². The van der Waals surface area contributed by atoms with Crippen molar-refractivity contribution in [3.63, 3.8) is 0 Å². The van der Waals surface area contributed by atoms with E-state index in [1.54, 1.807) is 12.4 Å². The van der Waals surface area contributed by atoms with Crippen LogP contribution in [-0.2, 0) is 5.60 Å². The number of rotatable bonds is 3. The Bertz CT molecular complexity index is 318. The monoisotopic (exact) mass is 220 g/mol. The van der Waals surface area contributed by atoms with E-state index in [1.165, 1.54) is 19.2 Å². The van der Waals surface area contributed by atoms with Crippen molar-refractivity contribution in [1.29, 1.82) is 0 Å². The van der Waals surface area contributed by atoms with E-state index >= 15 is 0 Å². The molecule has 0 unspecified atom stereocenters. The van der Waals surface area contributed by atoms with Crippen LogP contribution >= 0.6 is 0 Å². The van der Waals surface area contributed by atoms with Gasteiger partial charge in [-0.15, -0.1) is 0 Å². The summed E-state index contributed by atoms with van der Waals surface area (Å²) in [5, 5.41) is 10.5. The van der Waals surface area contributed by atoms with Crippen LogP contribution in [-0.4, -0.2) is 15.1 Å². The van der Waals surface area contributed by atoms with E-state index in [-0.39, 0.29) is 0 Å². The average molecular weight is 220 g/mol. The number of aliphatic hydroxyl groups is 1. The third-order valence-corrected chi connectivity index (χ3v) is 3.73. The van der Waals surface area contributed by atoms with Gasteiger partial charge >= 0.3 is 0 Å². The summed E-state index contributed by atoms with van der Waals surface area (Å²) in [6, 6.07) is 0. The quantitative estimate of drug-likeness (QED) is 0.851. The van der Waals surface area contributed by atoms with Crippen LogP contribution in [0, 0.1) is 5.92 Å². The van der Waals surface area contributed by atoms with Crippen LogP contribution in [0.3, 0.4) is 0 Å². The van der Waals surface area contributed by atoms with Gasteiger partial charge in [0.1, 0.15) is 6.33 Å². The van der Waals surface area contributed by atoms with Gasteiger partial charge in [-0.25, -0.2) is 9.97 Å². The van der Waals surface area contributed by atoms with Crippen molar-refractivity contribution in [3.05, 3.63) is 24.3 Å². The highest BCUT2D eigenvalue weighted by Gasteiger charge is 2.34. The van der Waals surface area contributed by atoms with E-state index in [9.17, 15) is 5.11 Å². The van der Waals surface area contributed by atoms with Crippen molar-refractivity contribution in [3.8, 4) is 0 Å². The molecule has 1 aromatic rings. The molecule has 1 aliphatic rings. The van der Waals surface area contributed by atoms with Gasteiger partial charge in [-0.1, -0.05) is 19.8 Å². The van der Waals surface area contributed by atoms with Crippen LogP contribution in [0.5, 0.6) is 0 Å². The molecule has 3 heteroatoms. The number of nitrogens with zero attached hydrogens (tertiary/aromatic N) is 2. The van der Waals surface area contributed by atoms with Gasteiger partial charge in [0.05, 0.1) is 5.60 Å². The van der Waals surface area contributed by atoms with Crippen LogP contribution in [0.25, 0.3) is 0 Å². The zero-order valence-electron chi connectivity index (χ0n) is 9.89. The minimum Gasteiger partial charge on any atom is -0.385 e. The van der Waals surface area contributed by atoms with E-state index in [4.69, 9.17) is 0 Å². The van der Waals surface area contributed by atoms with Gasteiger partial charge in [0.2, 0.25) is 0 Å². The van der Waals surface area contributed by atoms with Gasteiger partial charge in [-0.05, 0) is 31.6 Å². The second kappa shape index (κ2) is 4.91. The molecule has 0 radical (unpaired) electrons. The molecule has 16 heavy (non-hydrogen) atoms. The molecular weight excluding hydrogens is 200 g/mol. The third kappa shape index (κ3) is 2.40. The highest BCUT2D eigenvalue weighted by atomic mass is 16.3. The van der Waals surface area contributed by atoms with Crippen molar-refractivity contribution in [2.45, 2.75) is 51.0 Å².